The average Bonchev–Trinajstić information content (AvgIpc) is 3.91. The zero-order valence-electron chi connectivity index (χ0n) is 31.8. The molecule has 11 aromatic rings. The van der Waals surface area contributed by atoms with Crippen molar-refractivity contribution in [3.63, 3.8) is 0 Å². The molecule has 0 saturated carbocycles. The van der Waals surface area contributed by atoms with Crippen molar-refractivity contribution in [2.45, 2.75) is 0 Å². The van der Waals surface area contributed by atoms with E-state index in [1.807, 2.05) is 42.5 Å². The van der Waals surface area contributed by atoms with E-state index >= 15 is 0 Å². The quantitative estimate of drug-likeness (QED) is 0.156. The normalized spacial score (nSPS) is 10.9. The largest absolute Gasteiger partial charge is 0.332 e. The molecule has 0 spiro atoms. The van der Waals surface area contributed by atoms with Gasteiger partial charge >= 0.3 is 0 Å². The van der Waals surface area contributed by atoms with Gasteiger partial charge in [0.15, 0.2) is 0 Å². The van der Waals surface area contributed by atoms with E-state index in [9.17, 15) is 0 Å². The number of pyridine rings is 1. The van der Waals surface area contributed by atoms with Gasteiger partial charge in [-0.1, -0.05) is 173 Å². The van der Waals surface area contributed by atoms with Crippen molar-refractivity contribution >= 4 is 43.2 Å². The Hall–Kier alpha value is -6.75. The molecular formula is C54H35IrN3S-2. The Morgan fingerprint density at radius 3 is 1.90 bits per heavy atom. The Balaban J connectivity index is 0.000000297. The third-order valence-electron chi connectivity index (χ3n) is 10.5. The number of hydrogen-bond acceptors (Lipinski definition) is 3. The van der Waals surface area contributed by atoms with Crippen LogP contribution in [0.1, 0.15) is 0 Å². The molecule has 0 atom stereocenters. The molecule has 1 radical (unpaired) electrons. The van der Waals surface area contributed by atoms with Crippen LogP contribution in [-0.4, -0.2) is 14.5 Å². The van der Waals surface area contributed by atoms with E-state index in [1.54, 1.807) is 17.5 Å². The molecule has 8 aromatic carbocycles. The summed E-state index contributed by atoms with van der Waals surface area (Å²) < 4.78 is 3.55. The molecule has 3 heterocycles. The number of imidazole rings is 1. The van der Waals surface area contributed by atoms with Crippen molar-refractivity contribution in [1.82, 2.24) is 14.5 Å². The summed E-state index contributed by atoms with van der Waals surface area (Å²) in [4.78, 5) is 9.55. The Morgan fingerprint density at radius 2 is 1.17 bits per heavy atom. The third kappa shape index (κ3) is 7.56. The summed E-state index contributed by atoms with van der Waals surface area (Å²) in [5.74, 6) is 0.892. The topological polar surface area (TPSA) is 30.7 Å². The van der Waals surface area contributed by atoms with E-state index in [-0.39, 0.29) is 20.1 Å². The molecular weight excluding hydrogens is 915 g/mol. The van der Waals surface area contributed by atoms with Crippen molar-refractivity contribution in [2.24, 2.45) is 0 Å². The monoisotopic (exact) mass is 950 g/mol. The Kier molecular flexibility index (Phi) is 10.9. The molecule has 0 bridgehead atoms. The molecule has 11 rings (SSSR count). The summed E-state index contributed by atoms with van der Waals surface area (Å²) in [7, 11) is 0. The van der Waals surface area contributed by atoms with Crippen LogP contribution in [0.25, 0.3) is 93.6 Å². The maximum atomic E-state index is 5.33. The smallest absolute Gasteiger partial charge is 0.0774 e. The number of nitrogens with zero attached hydrogens (tertiary/aromatic N) is 3. The van der Waals surface area contributed by atoms with E-state index in [4.69, 9.17) is 4.98 Å². The fourth-order valence-electron chi connectivity index (χ4n) is 7.67. The summed E-state index contributed by atoms with van der Waals surface area (Å²) in [6.45, 7) is 0. The first kappa shape index (κ1) is 37.8. The van der Waals surface area contributed by atoms with Crippen LogP contribution in [0, 0.1) is 11.4 Å². The number of fused-ring (bicyclic) bond motifs is 3. The van der Waals surface area contributed by atoms with Crippen molar-refractivity contribution in [1.29, 1.82) is 0 Å². The minimum atomic E-state index is 0. The summed E-state index contributed by atoms with van der Waals surface area (Å²) in [6.07, 6.45) is 1.79. The second kappa shape index (κ2) is 17.0. The maximum Gasteiger partial charge on any atom is 0.0774 e. The Morgan fingerprint density at radius 1 is 0.508 bits per heavy atom. The predicted molar refractivity (Wildman–Crippen MR) is 243 cm³/mol. The van der Waals surface area contributed by atoms with Gasteiger partial charge in [-0.3, -0.25) is 16.3 Å². The summed E-state index contributed by atoms with van der Waals surface area (Å²) in [5, 5.41) is 7.33. The van der Waals surface area contributed by atoms with Crippen molar-refractivity contribution in [3.8, 4) is 61.7 Å². The molecule has 3 aromatic heterocycles. The molecule has 0 N–H and O–H groups in total. The van der Waals surface area contributed by atoms with Gasteiger partial charge in [0.2, 0.25) is 0 Å². The maximum absolute atomic E-state index is 5.33. The van der Waals surface area contributed by atoms with Crippen LogP contribution in [0.3, 0.4) is 0 Å². The van der Waals surface area contributed by atoms with Crippen LogP contribution in [0.15, 0.2) is 212 Å². The molecule has 283 valence electrons. The van der Waals surface area contributed by atoms with E-state index in [2.05, 4.69) is 185 Å². The fraction of sp³-hybridized carbons (Fsp3) is 0. The van der Waals surface area contributed by atoms with Gasteiger partial charge in [-0.2, -0.15) is 0 Å². The van der Waals surface area contributed by atoms with Gasteiger partial charge < -0.3 is 9.55 Å². The summed E-state index contributed by atoms with van der Waals surface area (Å²) >= 11 is 1.65. The standard InChI is InChI=1S/C43H27N2S.C11H8N.Ir/c1-3-13-30(14-4-1)35-18-11-19-36(31-15-5-2-6-16-31)42(35)45-40-21-10-9-20-39(40)44-43(45)38-28-46-41-25-24-34(27-37(38)41)33-23-22-29-12-7-8-17-32(29)26-33;1-2-6-10(7-3-1)11-8-4-5-9-12-11;/h1-27H;1-6,8-9H;/q2*-1;. The second-order valence-corrected chi connectivity index (χ2v) is 14.9. The molecule has 0 aliphatic rings. The third-order valence-corrected chi connectivity index (χ3v) is 11.3. The van der Waals surface area contributed by atoms with E-state index in [1.165, 1.54) is 26.6 Å². The van der Waals surface area contributed by atoms with Crippen molar-refractivity contribution in [3.05, 3.63) is 224 Å². The van der Waals surface area contributed by atoms with Crippen molar-refractivity contribution < 1.29 is 20.1 Å². The van der Waals surface area contributed by atoms with E-state index in [0.717, 1.165) is 67.0 Å². The van der Waals surface area contributed by atoms with Crippen molar-refractivity contribution in [2.75, 3.05) is 0 Å². The number of thiophene rings is 1. The van der Waals surface area contributed by atoms with Gasteiger partial charge in [0.05, 0.1) is 22.5 Å². The van der Waals surface area contributed by atoms with Crippen LogP contribution >= 0.6 is 11.3 Å². The second-order valence-electron chi connectivity index (χ2n) is 14.0. The molecule has 0 fully saturated rings. The van der Waals surface area contributed by atoms with Crippen LogP contribution in [0.2, 0.25) is 0 Å². The average molecular weight is 950 g/mol. The van der Waals surface area contributed by atoms with Gasteiger partial charge in [-0.15, -0.1) is 41.3 Å². The van der Waals surface area contributed by atoms with Crippen LogP contribution in [0.5, 0.6) is 0 Å². The molecule has 3 nitrogen and oxygen atoms in total. The van der Waals surface area contributed by atoms with Crippen LogP contribution in [-0.2, 0) is 20.1 Å². The van der Waals surface area contributed by atoms with Gasteiger partial charge in [0.25, 0.3) is 0 Å². The molecule has 0 aliphatic heterocycles. The number of para-hydroxylation sites is 3. The first-order chi connectivity index (χ1) is 28.8. The Bertz CT molecular complexity index is 3060. The zero-order chi connectivity index (χ0) is 38.7. The minimum absolute atomic E-state index is 0. The first-order valence-corrected chi connectivity index (χ1v) is 20.1. The number of hydrogen-bond donors (Lipinski definition) is 0. The minimum Gasteiger partial charge on any atom is -0.332 e. The molecule has 5 heteroatoms. The molecule has 0 aliphatic carbocycles. The molecule has 59 heavy (non-hydrogen) atoms. The summed E-state index contributed by atoms with van der Waals surface area (Å²) in [5.41, 5.74) is 13.2. The fourth-order valence-corrected chi connectivity index (χ4v) is 8.49. The molecule has 0 amide bonds. The Labute approximate surface area is 361 Å². The number of aromatic nitrogens is 3. The number of rotatable bonds is 6. The molecule has 0 saturated heterocycles. The van der Waals surface area contributed by atoms with E-state index < -0.39 is 0 Å². The van der Waals surface area contributed by atoms with Crippen LogP contribution in [0.4, 0.5) is 0 Å². The van der Waals surface area contributed by atoms with Gasteiger partial charge in [-0.25, -0.2) is 0 Å². The van der Waals surface area contributed by atoms with Crippen LogP contribution < -0.4 is 0 Å². The first-order valence-electron chi connectivity index (χ1n) is 19.3. The summed E-state index contributed by atoms with van der Waals surface area (Å²) in [6, 6.07) is 75.2. The number of benzene rings is 8. The SMILES string of the molecule is [Ir].[c-]1ccccc1-c1ccccn1.[c-]1sc2ccc(-c3ccc4ccccc4c3)cc2c1-c1nc2ccccc2n1-c1c(-c2ccccc2)cccc1-c1ccccc1. The van der Waals surface area contributed by atoms with Gasteiger partial charge in [0.1, 0.15) is 0 Å². The molecule has 0 unspecified atom stereocenters. The predicted octanol–water partition coefficient (Wildman–Crippen LogP) is 14.4. The van der Waals surface area contributed by atoms with Gasteiger partial charge in [-0.05, 0) is 63.0 Å². The van der Waals surface area contributed by atoms with E-state index in [0.29, 0.717) is 0 Å². The van der Waals surface area contributed by atoms with Gasteiger partial charge in [0, 0.05) is 37.4 Å². The zero-order valence-corrected chi connectivity index (χ0v) is 35.0.